The summed E-state index contributed by atoms with van der Waals surface area (Å²) in [5.74, 6) is -0.140. The lowest BCUT2D eigenvalue weighted by molar-refractivity contribution is -0.0153. The number of hydrogen-bond acceptors (Lipinski definition) is 10. The minimum Gasteiger partial charge on any atom is -0.394 e. The summed E-state index contributed by atoms with van der Waals surface area (Å²) >= 11 is 0. The van der Waals surface area contributed by atoms with Gasteiger partial charge in [0, 0.05) is 7.05 Å². The molecule has 4 atom stereocenters. The van der Waals surface area contributed by atoms with Gasteiger partial charge >= 0.3 is 0 Å². The van der Waals surface area contributed by atoms with Gasteiger partial charge in [0.25, 0.3) is 0 Å². The minimum atomic E-state index is -1.31. The first-order chi connectivity index (χ1) is 10.9. The van der Waals surface area contributed by atoms with Gasteiger partial charge in [-0.25, -0.2) is 14.6 Å². The summed E-state index contributed by atoms with van der Waals surface area (Å²) in [6.45, 7) is -0.459. The molecular weight excluding hydrogens is 308 g/mol. The number of nitrogens with two attached hydrogens (primary N) is 1. The molecule has 0 aromatic carbocycles. The van der Waals surface area contributed by atoms with E-state index >= 15 is 0 Å². The van der Waals surface area contributed by atoms with E-state index < -0.39 is 36.6 Å². The SMILES string of the molecule is Cn1nc(N)c(=O)c2c(N[C@H]3O[C@H](CO)[C@@H](O)[C@@H]3O)ncnc21. The summed E-state index contributed by atoms with van der Waals surface area (Å²) in [7, 11) is 1.57. The molecule has 1 fully saturated rings. The van der Waals surface area contributed by atoms with Gasteiger partial charge in [0.2, 0.25) is 5.43 Å². The quantitative estimate of drug-likeness (QED) is 0.396. The molecule has 0 bridgehead atoms. The van der Waals surface area contributed by atoms with Crippen LogP contribution in [0.3, 0.4) is 0 Å². The molecule has 11 heteroatoms. The van der Waals surface area contributed by atoms with E-state index in [1.165, 1.54) is 11.0 Å². The second-order valence-corrected chi connectivity index (χ2v) is 5.16. The van der Waals surface area contributed by atoms with Crippen molar-refractivity contribution in [3.63, 3.8) is 0 Å². The molecule has 0 aliphatic carbocycles. The average Bonchev–Trinajstić information content (AvgIpc) is 2.80. The van der Waals surface area contributed by atoms with Crippen LogP contribution < -0.4 is 16.5 Å². The van der Waals surface area contributed by atoms with E-state index in [2.05, 4.69) is 20.4 Å². The van der Waals surface area contributed by atoms with Crippen LogP contribution in [0.2, 0.25) is 0 Å². The summed E-state index contributed by atoms with van der Waals surface area (Å²) in [5.41, 5.74) is 5.26. The molecule has 1 aliphatic heterocycles. The van der Waals surface area contributed by atoms with E-state index in [1.807, 2.05) is 0 Å². The molecule has 6 N–H and O–H groups in total. The van der Waals surface area contributed by atoms with E-state index in [4.69, 9.17) is 15.6 Å². The first-order valence-electron chi connectivity index (χ1n) is 6.80. The van der Waals surface area contributed by atoms with E-state index in [0.29, 0.717) is 0 Å². The van der Waals surface area contributed by atoms with Crippen LogP contribution in [0.5, 0.6) is 0 Å². The fourth-order valence-electron chi connectivity index (χ4n) is 2.48. The smallest absolute Gasteiger partial charge is 0.237 e. The van der Waals surface area contributed by atoms with E-state index in [-0.39, 0.29) is 22.7 Å². The summed E-state index contributed by atoms with van der Waals surface area (Å²) < 4.78 is 6.64. The third kappa shape index (κ3) is 2.49. The first kappa shape index (κ1) is 15.6. The number of aromatic nitrogens is 4. The van der Waals surface area contributed by atoms with E-state index in [1.54, 1.807) is 7.05 Å². The largest absolute Gasteiger partial charge is 0.394 e. The summed E-state index contributed by atoms with van der Waals surface area (Å²) in [6.07, 6.45) is -3.35. The number of aliphatic hydroxyl groups excluding tert-OH is 3. The summed E-state index contributed by atoms with van der Waals surface area (Å²) in [5, 5.41) is 35.5. The molecule has 0 saturated carbocycles. The number of nitrogens with one attached hydrogen (secondary N) is 1. The Balaban J connectivity index is 2.03. The second-order valence-electron chi connectivity index (χ2n) is 5.16. The number of ether oxygens (including phenoxy) is 1. The highest BCUT2D eigenvalue weighted by atomic mass is 16.6. The highest BCUT2D eigenvalue weighted by Crippen LogP contribution is 2.24. The van der Waals surface area contributed by atoms with Crippen molar-refractivity contribution >= 4 is 22.7 Å². The molecule has 1 aliphatic rings. The fraction of sp³-hybridized carbons (Fsp3) is 0.500. The highest BCUT2D eigenvalue weighted by Gasteiger charge is 2.42. The van der Waals surface area contributed by atoms with Gasteiger partial charge in [0.05, 0.1) is 6.61 Å². The average molecular weight is 324 g/mol. The van der Waals surface area contributed by atoms with E-state index in [9.17, 15) is 15.0 Å². The molecule has 0 amide bonds. The number of nitrogens with zero attached hydrogens (tertiary/aromatic N) is 4. The summed E-state index contributed by atoms with van der Waals surface area (Å²) in [6, 6.07) is 0. The topological polar surface area (TPSA) is 169 Å². The van der Waals surface area contributed by atoms with Gasteiger partial charge in [0.15, 0.2) is 17.7 Å². The van der Waals surface area contributed by atoms with Gasteiger partial charge in [0.1, 0.15) is 35.8 Å². The normalized spacial score (nSPS) is 27.5. The minimum absolute atomic E-state index is 0.0829. The second kappa shape index (κ2) is 5.70. The van der Waals surface area contributed by atoms with Crippen LogP contribution in [0.25, 0.3) is 11.0 Å². The maximum atomic E-state index is 12.2. The van der Waals surface area contributed by atoms with Crippen molar-refractivity contribution < 1.29 is 20.1 Å². The van der Waals surface area contributed by atoms with Gasteiger partial charge in [-0.3, -0.25) is 4.79 Å². The fourth-order valence-corrected chi connectivity index (χ4v) is 2.48. The van der Waals surface area contributed by atoms with Gasteiger partial charge < -0.3 is 31.1 Å². The molecule has 0 radical (unpaired) electrons. The lowest BCUT2D eigenvalue weighted by atomic mass is 10.1. The molecule has 1 saturated heterocycles. The van der Waals surface area contributed by atoms with Gasteiger partial charge in [-0.15, -0.1) is 5.10 Å². The van der Waals surface area contributed by atoms with Gasteiger partial charge in [-0.05, 0) is 0 Å². The molecule has 3 rings (SSSR count). The zero-order valence-corrected chi connectivity index (χ0v) is 12.1. The predicted molar refractivity (Wildman–Crippen MR) is 78.4 cm³/mol. The van der Waals surface area contributed by atoms with Crippen LogP contribution in [-0.2, 0) is 11.8 Å². The van der Waals surface area contributed by atoms with E-state index in [0.717, 1.165) is 0 Å². The van der Waals surface area contributed by atoms with Crippen LogP contribution in [0, 0.1) is 0 Å². The molecule has 2 aromatic heterocycles. The third-order valence-corrected chi connectivity index (χ3v) is 3.67. The Morgan fingerprint density at radius 2 is 2.13 bits per heavy atom. The monoisotopic (exact) mass is 324 g/mol. The van der Waals surface area contributed by atoms with Crippen LogP contribution >= 0.6 is 0 Å². The first-order valence-corrected chi connectivity index (χ1v) is 6.80. The van der Waals surface area contributed by atoms with Crippen molar-refractivity contribution in [1.82, 2.24) is 19.7 Å². The van der Waals surface area contributed by atoms with Crippen molar-refractivity contribution in [2.24, 2.45) is 7.05 Å². The van der Waals surface area contributed by atoms with Crippen molar-refractivity contribution in [3.8, 4) is 0 Å². The van der Waals surface area contributed by atoms with Crippen molar-refractivity contribution in [1.29, 1.82) is 0 Å². The highest BCUT2D eigenvalue weighted by molar-refractivity contribution is 5.87. The Kier molecular flexibility index (Phi) is 3.85. The van der Waals surface area contributed by atoms with Crippen LogP contribution in [-0.4, -0.2) is 66.2 Å². The Morgan fingerprint density at radius 1 is 1.39 bits per heavy atom. The number of anilines is 2. The zero-order valence-electron chi connectivity index (χ0n) is 12.1. The molecule has 2 aromatic rings. The van der Waals surface area contributed by atoms with Crippen molar-refractivity contribution in [3.05, 3.63) is 16.6 Å². The molecule has 23 heavy (non-hydrogen) atoms. The van der Waals surface area contributed by atoms with Gasteiger partial charge in [-0.1, -0.05) is 0 Å². The Morgan fingerprint density at radius 3 is 2.78 bits per heavy atom. The maximum absolute atomic E-state index is 12.2. The number of nitrogen functional groups attached to an aromatic ring is 1. The molecular formula is C12H16N6O5. The molecule has 3 heterocycles. The van der Waals surface area contributed by atoms with Crippen LogP contribution in [0.4, 0.5) is 11.6 Å². The Labute approximate surface area is 129 Å². The number of aliphatic hydroxyl groups is 3. The lowest BCUT2D eigenvalue weighted by Gasteiger charge is -2.18. The van der Waals surface area contributed by atoms with Crippen molar-refractivity contribution in [2.75, 3.05) is 17.7 Å². The van der Waals surface area contributed by atoms with Crippen LogP contribution in [0.1, 0.15) is 0 Å². The zero-order chi connectivity index (χ0) is 16.7. The molecule has 124 valence electrons. The maximum Gasteiger partial charge on any atom is 0.237 e. The number of fused-ring (bicyclic) bond motifs is 1. The molecule has 0 unspecified atom stereocenters. The predicted octanol–water partition coefficient (Wildman–Crippen LogP) is -2.84. The van der Waals surface area contributed by atoms with Gasteiger partial charge in [-0.2, -0.15) is 0 Å². The van der Waals surface area contributed by atoms with Crippen LogP contribution in [0.15, 0.2) is 11.1 Å². The lowest BCUT2D eigenvalue weighted by Crippen LogP contribution is -2.37. The summed E-state index contributed by atoms with van der Waals surface area (Å²) in [4.78, 5) is 20.2. The third-order valence-electron chi connectivity index (χ3n) is 3.67. The number of hydrogen-bond donors (Lipinski definition) is 5. The molecule has 0 spiro atoms. The Bertz CT molecular complexity index is 795. The standard InChI is InChI=1S/C12H16N6O5/c1-18-11-5(7(21)9(13)17-18)10(14-3-15-11)16-12-8(22)6(20)4(2-19)23-12/h3-4,6,8,12,19-20,22H,2H2,1H3,(H2,13,17)(H,14,15,16)/t4-,6-,8+,12+/m1/s1. The van der Waals surface area contributed by atoms with Crippen molar-refractivity contribution in [2.45, 2.75) is 24.5 Å². The number of rotatable bonds is 3. The number of aryl methyl sites for hydroxylation is 1. The molecule has 11 nitrogen and oxygen atoms in total. The Hall–Kier alpha value is -2.34.